The number of amides is 2. The lowest BCUT2D eigenvalue weighted by Gasteiger charge is -2.21. The summed E-state index contributed by atoms with van der Waals surface area (Å²) in [5.41, 5.74) is 1.54. The van der Waals surface area contributed by atoms with Crippen LogP contribution in [0.5, 0.6) is 0 Å². The van der Waals surface area contributed by atoms with Gasteiger partial charge < -0.3 is 19.1 Å². The van der Waals surface area contributed by atoms with E-state index in [-0.39, 0.29) is 24.8 Å². The quantitative estimate of drug-likeness (QED) is 0.644. The van der Waals surface area contributed by atoms with Gasteiger partial charge in [0.2, 0.25) is 5.91 Å². The molecule has 2 heterocycles. The van der Waals surface area contributed by atoms with Crippen molar-refractivity contribution < 1.29 is 18.4 Å². The third-order valence-electron chi connectivity index (χ3n) is 4.43. The molecule has 0 saturated carbocycles. The van der Waals surface area contributed by atoms with Crippen LogP contribution in [-0.2, 0) is 17.9 Å². The van der Waals surface area contributed by atoms with Crippen molar-refractivity contribution >= 4 is 11.8 Å². The van der Waals surface area contributed by atoms with E-state index in [9.17, 15) is 9.59 Å². The smallest absolute Gasteiger partial charge is 0.257 e. The molecule has 2 amide bonds. The Labute approximate surface area is 164 Å². The molecule has 3 rings (SSSR count). The van der Waals surface area contributed by atoms with E-state index in [1.54, 1.807) is 37.1 Å². The van der Waals surface area contributed by atoms with E-state index in [1.807, 2.05) is 36.4 Å². The first-order valence-corrected chi connectivity index (χ1v) is 9.22. The van der Waals surface area contributed by atoms with Gasteiger partial charge >= 0.3 is 0 Å². The van der Waals surface area contributed by atoms with Crippen LogP contribution in [-0.4, -0.2) is 23.3 Å². The third-order valence-corrected chi connectivity index (χ3v) is 4.43. The second-order valence-electron chi connectivity index (χ2n) is 6.65. The minimum absolute atomic E-state index is 0.110. The van der Waals surface area contributed by atoms with Crippen molar-refractivity contribution in [3.63, 3.8) is 0 Å². The van der Waals surface area contributed by atoms with Gasteiger partial charge in [-0.05, 0) is 37.6 Å². The SMILES string of the molecule is Cc1cc(C(=O)N(CCC(=O)NCc2ccccc2)Cc2ccco2)c(C)o1. The molecule has 2 aromatic heterocycles. The summed E-state index contributed by atoms with van der Waals surface area (Å²) in [6.45, 7) is 4.60. The number of hydrogen-bond donors (Lipinski definition) is 1. The fourth-order valence-electron chi connectivity index (χ4n) is 2.98. The summed E-state index contributed by atoms with van der Waals surface area (Å²) in [6.07, 6.45) is 1.77. The van der Waals surface area contributed by atoms with Gasteiger partial charge in [-0.1, -0.05) is 30.3 Å². The Bertz CT molecular complexity index is 913. The summed E-state index contributed by atoms with van der Waals surface area (Å²) in [7, 11) is 0. The second-order valence-corrected chi connectivity index (χ2v) is 6.65. The standard InChI is InChI=1S/C22H24N2O4/c1-16-13-20(17(2)28-16)22(26)24(15-19-9-6-12-27-19)11-10-21(25)23-14-18-7-4-3-5-8-18/h3-9,12-13H,10-11,14-15H2,1-2H3,(H,23,25). The van der Waals surface area contributed by atoms with Crippen molar-refractivity contribution in [2.24, 2.45) is 0 Å². The Morgan fingerprint density at radius 1 is 1.07 bits per heavy atom. The number of carbonyl (C=O) groups excluding carboxylic acids is 2. The van der Waals surface area contributed by atoms with Crippen molar-refractivity contribution in [2.45, 2.75) is 33.4 Å². The van der Waals surface area contributed by atoms with Crippen LogP contribution < -0.4 is 5.32 Å². The third kappa shape index (κ3) is 5.13. The molecule has 0 aliphatic carbocycles. The van der Waals surface area contributed by atoms with E-state index in [0.29, 0.717) is 35.9 Å². The molecular formula is C22H24N2O4. The highest BCUT2D eigenvalue weighted by Crippen LogP contribution is 2.18. The van der Waals surface area contributed by atoms with Gasteiger partial charge in [0.25, 0.3) is 5.91 Å². The molecule has 0 aliphatic heterocycles. The first kappa shape index (κ1) is 19.5. The minimum atomic E-state index is -0.179. The summed E-state index contributed by atoms with van der Waals surface area (Å²) in [5.74, 6) is 1.62. The Morgan fingerprint density at radius 3 is 2.50 bits per heavy atom. The molecule has 3 aromatic rings. The number of furan rings is 2. The maximum absolute atomic E-state index is 13.0. The van der Waals surface area contributed by atoms with Gasteiger partial charge in [-0.15, -0.1) is 0 Å². The number of nitrogens with zero attached hydrogens (tertiary/aromatic N) is 1. The lowest BCUT2D eigenvalue weighted by Crippen LogP contribution is -2.35. The molecule has 0 unspecified atom stereocenters. The molecule has 6 nitrogen and oxygen atoms in total. The molecule has 0 bridgehead atoms. The molecule has 0 fully saturated rings. The van der Waals surface area contributed by atoms with E-state index in [1.165, 1.54) is 0 Å². The first-order valence-electron chi connectivity index (χ1n) is 9.22. The van der Waals surface area contributed by atoms with Gasteiger partial charge in [0.05, 0.1) is 18.4 Å². The van der Waals surface area contributed by atoms with Crippen LogP contribution in [0.2, 0.25) is 0 Å². The summed E-state index contributed by atoms with van der Waals surface area (Å²) >= 11 is 0. The highest BCUT2D eigenvalue weighted by molar-refractivity contribution is 5.95. The lowest BCUT2D eigenvalue weighted by molar-refractivity contribution is -0.121. The van der Waals surface area contributed by atoms with Crippen molar-refractivity contribution in [2.75, 3.05) is 6.54 Å². The summed E-state index contributed by atoms with van der Waals surface area (Å²) in [6, 6.07) is 15.0. The van der Waals surface area contributed by atoms with E-state index >= 15 is 0 Å². The van der Waals surface area contributed by atoms with E-state index < -0.39 is 0 Å². The number of benzene rings is 1. The predicted molar refractivity (Wildman–Crippen MR) is 105 cm³/mol. The molecule has 28 heavy (non-hydrogen) atoms. The molecule has 6 heteroatoms. The summed E-state index contributed by atoms with van der Waals surface area (Å²) in [4.78, 5) is 26.9. The van der Waals surface area contributed by atoms with Crippen LogP contribution >= 0.6 is 0 Å². The highest BCUT2D eigenvalue weighted by atomic mass is 16.3. The summed E-state index contributed by atoms with van der Waals surface area (Å²) in [5, 5.41) is 2.89. The second kappa shape index (κ2) is 9.08. The Hall–Kier alpha value is -3.28. The van der Waals surface area contributed by atoms with Crippen LogP contribution in [0, 0.1) is 13.8 Å². The largest absolute Gasteiger partial charge is 0.467 e. The van der Waals surface area contributed by atoms with Crippen LogP contribution in [0.3, 0.4) is 0 Å². The average Bonchev–Trinajstić information content (AvgIpc) is 3.32. The molecule has 0 saturated heterocycles. The van der Waals surface area contributed by atoms with E-state index in [4.69, 9.17) is 8.83 Å². The van der Waals surface area contributed by atoms with Gasteiger partial charge in [-0.2, -0.15) is 0 Å². The fraction of sp³-hybridized carbons (Fsp3) is 0.273. The Kier molecular flexibility index (Phi) is 6.32. The monoisotopic (exact) mass is 380 g/mol. The maximum Gasteiger partial charge on any atom is 0.257 e. The van der Waals surface area contributed by atoms with Crippen LogP contribution in [0.25, 0.3) is 0 Å². The van der Waals surface area contributed by atoms with E-state index in [2.05, 4.69) is 5.32 Å². The maximum atomic E-state index is 13.0. The van der Waals surface area contributed by atoms with Crippen molar-refractivity contribution in [3.05, 3.63) is 83.2 Å². The minimum Gasteiger partial charge on any atom is -0.467 e. The fourth-order valence-corrected chi connectivity index (χ4v) is 2.98. The Morgan fingerprint density at radius 2 is 1.86 bits per heavy atom. The number of nitrogens with one attached hydrogen (secondary N) is 1. The number of rotatable bonds is 8. The van der Waals surface area contributed by atoms with Crippen LogP contribution in [0.1, 0.15) is 39.6 Å². The van der Waals surface area contributed by atoms with E-state index in [0.717, 1.165) is 5.56 Å². The Balaban J connectivity index is 1.62. The number of aryl methyl sites for hydroxylation is 2. The number of hydrogen-bond acceptors (Lipinski definition) is 4. The normalized spacial score (nSPS) is 10.6. The van der Waals surface area contributed by atoms with Crippen molar-refractivity contribution in [3.8, 4) is 0 Å². The topological polar surface area (TPSA) is 75.7 Å². The molecule has 146 valence electrons. The predicted octanol–water partition coefficient (Wildman–Crippen LogP) is 3.84. The van der Waals surface area contributed by atoms with Gasteiger partial charge in [0.1, 0.15) is 17.3 Å². The molecule has 1 aromatic carbocycles. The lowest BCUT2D eigenvalue weighted by atomic mass is 10.2. The van der Waals surface area contributed by atoms with Gasteiger partial charge in [0, 0.05) is 19.5 Å². The molecule has 0 spiro atoms. The van der Waals surface area contributed by atoms with Gasteiger partial charge in [-0.25, -0.2) is 0 Å². The van der Waals surface area contributed by atoms with Crippen molar-refractivity contribution in [1.29, 1.82) is 0 Å². The molecule has 0 radical (unpaired) electrons. The van der Waals surface area contributed by atoms with Gasteiger partial charge in [-0.3, -0.25) is 9.59 Å². The van der Waals surface area contributed by atoms with Crippen molar-refractivity contribution in [1.82, 2.24) is 10.2 Å². The number of carbonyl (C=O) groups is 2. The average molecular weight is 380 g/mol. The molecule has 0 aliphatic rings. The van der Waals surface area contributed by atoms with Crippen LogP contribution in [0.4, 0.5) is 0 Å². The van der Waals surface area contributed by atoms with Gasteiger partial charge in [0.15, 0.2) is 0 Å². The molecule has 1 N–H and O–H groups in total. The van der Waals surface area contributed by atoms with Crippen LogP contribution in [0.15, 0.2) is 63.6 Å². The molecule has 0 atom stereocenters. The first-order chi connectivity index (χ1) is 13.5. The summed E-state index contributed by atoms with van der Waals surface area (Å²) < 4.78 is 10.9. The zero-order valence-electron chi connectivity index (χ0n) is 16.1. The molecular weight excluding hydrogens is 356 g/mol. The zero-order valence-corrected chi connectivity index (χ0v) is 16.1. The zero-order chi connectivity index (χ0) is 19.9. The highest BCUT2D eigenvalue weighted by Gasteiger charge is 2.22.